The van der Waals surface area contributed by atoms with Crippen LogP contribution < -0.4 is 0 Å². The van der Waals surface area contributed by atoms with Gasteiger partial charge < -0.3 is 0 Å². The van der Waals surface area contributed by atoms with Crippen molar-refractivity contribution < 1.29 is 9.59 Å². The van der Waals surface area contributed by atoms with E-state index in [2.05, 4.69) is 13.8 Å². The number of hydrogen-bond acceptors (Lipinski definition) is 2. The molecule has 4 aliphatic carbocycles. The minimum atomic E-state index is 0.245. The van der Waals surface area contributed by atoms with Gasteiger partial charge in [0.25, 0.3) is 0 Å². The van der Waals surface area contributed by atoms with Crippen molar-refractivity contribution in [1.82, 2.24) is 0 Å². The molecule has 0 bridgehead atoms. The Bertz CT molecular complexity index is 589. The molecule has 0 saturated heterocycles. The number of hydrogen-bond donors (Lipinski definition) is 0. The van der Waals surface area contributed by atoms with Crippen LogP contribution in [0.2, 0.25) is 0 Å². The Morgan fingerprint density at radius 3 is 2.57 bits per heavy atom. The van der Waals surface area contributed by atoms with Crippen molar-refractivity contribution in [1.29, 1.82) is 0 Å². The van der Waals surface area contributed by atoms with Crippen molar-refractivity contribution in [2.45, 2.75) is 72.1 Å². The van der Waals surface area contributed by atoms with E-state index >= 15 is 0 Å². The number of Topliss-reactive ketones (excluding diaryl/α,β-unsaturated/α-hetero) is 1. The molecule has 126 valence electrons. The van der Waals surface area contributed by atoms with Gasteiger partial charge in [-0.2, -0.15) is 0 Å². The van der Waals surface area contributed by atoms with Crippen molar-refractivity contribution in [3.05, 3.63) is 11.6 Å². The molecule has 6 atom stereocenters. The number of rotatable bonds is 1. The number of carbonyl (C=O) groups is 2. The molecule has 0 amide bonds. The summed E-state index contributed by atoms with van der Waals surface area (Å²) in [5.41, 5.74) is 1.95. The fourth-order valence-electron chi connectivity index (χ4n) is 7.23. The molecule has 0 aromatic carbocycles. The number of ketones is 2. The fraction of sp³-hybridized carbons (Fsp3) is 0.810. The van der Waals surface area contributed by atoms with Gasteiger partial charge in [0.05, 0.1) is 0 Å². The second-order valence-electron chi connectivity index (χ2n) is 9.25. The van der Waals surface area contributed by atoms with E-state index in [-0.39, 0.29) is 10.8 Å². The molecule has 0 heterocycles. The summed E-state index contributed by atoms with van der Waals surface area (Å²) < 4.78 is 0. The van der Waals surface area contributed by atoms with Gasteiger partial charge in [-0.3, -0.25) is 9.59 Å². The summed E-state index contributed by atoms with van der Waals surface area (Å²) in [6.45, 7) is 6.65. The van der Waals surface area contributed by atoms with Gasteiger partial charge in [-0.25, -0.2) is 0 Å². The smallest absolute Gasteiger partial charge is 0.155 e. The highest BCUT2D eigenvalue weighted by Gasteiger charge is 2.59. The normalized spacial score (nSPS) is 49.0. The van der Waals surface area contributed by atoms with Crippen molar-refractivity contribution in [2.24, 2.45) is 34.5 Å². The van der Waals surface area contributed by atoms with Gasteiger partial charge in [0.2, 0.25) is 0 Å². The van der Waals surface area contributed by atoms with Gasteiger partial charge in [0.1, 0.15) is 5.78 Å². The Labute approximate surface area is 140 Å². The molecule has 4 unspecified atom stereocenters. The van der Waals surface area contributed by atoms with E-state index in [9.17, 15) is 9.59 Å². The third-order valence-corrected chi connectivity index (χ3v) is 8.45. The summed E-state index contributed by atoms with van der Waals surface area (Å²) in [5, 5.41) is 0. The molecule has 3 saturated carbocycles. The van der Waals surface area contributed by atoms with Gasteiger partial charge >= 0.3 is 0 Å². The van der Waals surface area contributed by atoms with E-state index in [1.54, 1.807) is 6.92 Å². The van der Waals surface area contributed by atoms with Gasteiger partial charge in [0.15, 0.2) is 5.78 Å². The highest BCUT2D eigenvalue weighted by molar-refractivity contribution is 5.91. The van der Waals surface area contributed by atoms with Crippen LogP contribution in [0.25, 0.3) is 0 Å². The first kappa shape index (κ1) is 15.6. The molecule has 23 heavy (non-hydrogen) atoms. The lowest BCUT2D eigenvalue weighted by molar-refractivity contribution is -0.128. The summed E-state index contributed by atoms with van der Waals surface area (Å²) >= 11 is 0. The molecular weight excluding hydrogens is 284 g/mol. The van der Waals surface area contributed by atoms with Crippen LogP contribution >= 0.6 is 0 Å². The highest BCUT2D eigenvalue weighted by Crippen LogP contribution is 2.66. The predicted molar refractivity (Wildman–Crippen MR) is 90.9 cm³/mol. The second kappa shape index (κ2) is 5.04. The Hall–Kier alpha value is -0.920. The average Bonchev–Trinajstić information content (AvgIpc) is 2.85. The van der Waals surface area contributed by atoms with Crippen LogP contribution in [-0.2, 0) is 9.59 Å². The maximum atomic E-state index is 12.1. The highest BCUT2D eigenvalue weighted by atomic mass is 16.1. The molecule has 0 radical (unpaired) electrons. The summed E-state index contributed by atoms with van der Waals surface area (Å²) in [4.78, 5) is 24.0. The summed E-state index contributed by atoms with van der Waals surface area (Å²) in [7, 11) is 0. The van der Waals surface area contributed by atoms with Gasteiger partial charge in [0, 0.05) is 12.3 Å². The summed E-state index contributed by atoms with van der Waals surface area (Å²) in [5.74, 6) is 3.29. The van der Waals surface area contributed by atoms with Crippen LogP contribution in [0.15, 0.2) is 11.6 Å². The Kier molecular flexibility index (Phi) is 3.42. The molecule has 0 spiro atoms. The fourth-order valence-corrected chi connectivity index (χ4v) is 7.23. The van der Waals surface area contributed by atoms with Gasteiger partial charge in [-0.05, 0) is 86.5 Å². The van der Waals surface area contributed by atoms with Crippen molar-refractivity contribution in [3.8, 4) is 0 Å². The maximum absolute atomic E-state index is 12.1. The van der Waals surface area contributed by atoms with Crippen molar-refractivity contribution >= 4 is 11.6 Å². The first-order valence-electron chi connectivity index (χ1n) is 9.60. The molecule has 0 aromatic heterocycles. The van der Waals surface area contributed by atoms with E-state index < -0.39 is 0 Å². The van der Waals surface area contributed by atoms with Crippen LogP contribution in [0.1, 0.15) is 72.1 Å². The molecule has 3 fully saturated rings. The standard InChI is InChI=1S/C21H30O2/c1-13(22)17-6-7-18-16-5-4-14-12-15(23)8-10-20(14,2)19(16)9-11-21(17,18)3/h12,16-19H,4-11H2,1-3H3/t16?,17?,18?,19?,20-,21+/m0/s1. The Morgan fingerprint density at radius 2 is 1.83 bits per heavy atom. The zero-order chi connectivity index (χ0) is 16.4. The largest absolute Gasteiger partial charge is 0.300 e. The molecule has 4 rings (SSSR count). The van der Waals surface area contributed by atoms with E-state index in [0.717, 1.165) is 43.4 Å². The van der Waals surface area contributed by atoms with E-state index in [1.165, 1.54) is 31.3 Å². The Morgan fingerprint density at radius 1 is 1.04 bits per heavy atom. The number of fused-ring (bicyclic) bond motifs is 5. The van der Waals surface area contributed by atoms with Gasteiger partial charge in [-0.15, -0.1) is 0 Å². The van der Waals surface area contributed by atoms with Gasteiger partial charge in [-0.1, -0.05) is 19.4 Å². The lowest BCUT2D eigenvalue weighted by Crippen LogP contribution is -2.51. The van der Waals surface area contributed by atoms with Crippen LogP contribution in [0.4, 0.5) is 0 Å². The van der Waals surface area contributed by atoms with Crippen molar-refractivity contribution in [3.63, 3.8) is 0 Å². The molecule has 0 N–H and O–H groups in total. The van der Waals surface area contributed by atoms with Crippen LogP contribution in [0.3, 0.4) is 0 Å². The summed E-state index contributed by atoms with van der Waals surface area (Å²) in [6, 6.07) is 0. The first-order chi connectivity index (χ1) is 10.9. The first-order valence-corrected chi connectivity index (χ1v) is 9.60. The minimum Gasteiger partial charge on any atom is -0.300 e. The average molecular weight is 314 g/mol. The second-order valence-corrected chi connectivity index (χ2v) is 9.25. The topological polar surface area (TPSA) is 34.1 Å². The molecule has 4 aliphatic rings. The Balaban J connectivity index is 1.67. The van der Waals surface area contributed by atoms with Crippen LogP contribution in [-0.4, -0.2) is 11.6 Å². The zero-order valence-electron chi connectivity index (χ0n) is 14.9. The third kappa shape index (κ3) is 2.06. The van der Waals surface area contributed by atoms with E-state index in [4.69, 9.17) is 0 Å². The maximum Gasteiger partial charge on any atom is 0.155 e. The SMILES string of the molecule is CC(=O)C1CCC2C3CCC4=CC(=O)CC[C@]4(C)C3CC[C@]12C. The van der Waals surface area contributed by atoms with Crippen LogP contribution in [0.5, 0.6) is 0 Å². The van der Waals surface area contributed by atoms with E-state index in [0.29, 0.717) is 17.5 Å². The lowest BCUT2D eigenvalue weighted by atomic mass is 9.47. The lowest BCUT2D eigenvalue weighted by Gasteiger charge is -2.58. The predicted octanol–water partition coefficient (Wildman–Crippen LogP) is 4.72. The van der Waals surface area contributed by atoms with Crippen molar-refractivity contribution in [2.75, 3.05) is 0 Å². The molecule has 2 nitrogen and oxygen atoms in total. The molecule has 2 heteroatoms. The quantitative estimate of drug-likeness (QED) is 0.701. The number of allylic oxidation sites excluding steroid dienone is 1. The number of carbonyl (C=O) groups excluding carboxylic acids is 2. The zero-order valence-corrected chi connectivity index (χ0v) is 14.9. The molecule has 0 aromatic rings. The minimum absolute atomic E-state index is 0.245. The summed E-state index contributed by atoms with van der Waals surface area (Å²) in [6.07, 6.45) is 10.9. The monoisotopic (exact) mass is 314 g/mol. The third-order valence-electron chi connectivity index (χ3n) is 8.45. The molecule has 0 aliphatic heterocycles. The van der Waals surface area contributed by atoms with E-state index in [1.807, 2.05) is 6.08 Å². The van der Waals surface area contributed by atoms with Crippen LogP contribution in [0, 0.1) is 34.5 Å². The molecular formula is C21H30O2.